The summed E-state index contributed by atoms with van der Waals surface area (Å²) in [5, 5.41) is 2.95. The number of piperidine rings is 1. The van der Waals surface area contributed by atoms with Crippen molar-refractivity contribution in [1.29, 1.82) is 0 Å². The first-order chi connectivity index (χ1) is 11.2. The third-order valence-electron chi connectivity index (χ3n) is 4.06. The van der Waals surface area contributed by atoms with Gasteiger partial charge in [0.25, 0.3) is 0 Å². The second-order valence-electron chi connectivity index (χ2n) is 6.08. The lowest BCUT2D eigenvalue weighted by atomic mass is 9.99. The van der Waals surface area contributed by atoms with E-state index in [-0.39, 0.29) is 5.91 Å². The summed E-state index contributed by atoms with van der Waals surface area (Å²) in [7, 11) is 0. The zero-order chi connectivity index (χ0) is 16.5. The molecule has 2 rings (SSSR count). The fourth-order valence-electron chi connectivity index (χ4n) is 2.65. The molecule has 0 unspecified atom stereocenters. The number of hydrogen-bond acceptors (Lipinski definition) is 4. The van der Waals surface area contributed by atoms with Crippen LogP contribution >= 0.6 is 0 Å². The minimum Gasteiger partial charge on any atom is -0.491 e. The first kappa shape index (κ1) is 17.8. The minimum absolute atomic E-state index is 0.0334. The average Bonchev–Trinajstić information content (AvgIpc) is 2.54. The van der Waals surface area contributed by atoms with E-state index < -0.39 is 0 Å². The van der Waals surface area contributed by atoms with Gasteiger partial charge in [0.15, 0.2) is 0 Å². The number of likely N-dealkylation sites (tertiary alicyclic amines) is 1. The maximum absolute atomic E-state index is 12.2. The zero-order valence-electron chi connectivity index (χ0n) is 14.2. The van der Waals surface area contributed by atoms with E-state index in [0.717, 1.165) is 30.4 Å². The van der Waals surface area contributed by atoms with Crippen molar-refractivity contribution in [2.24, 2.45) is 5.92 Å². The number of hydrogen-bond donors (Lipinski definition) is 1. The van der Waals surface area contributed by atoms with Crippen molar-refractivity contribution >= 4 is 11.6 Å². The van der Waals surface area contributed by atoms with Crippen LogP contribution in [0.2, 0.25) is 0 Å². The van der Waals surface area contributed by atoms with Gasteiger partial charge in [-0.2, -0.15) is 0 Å². The van der Waals surface area contributed by atoms with Crippen LogP contribution in [0.15, 0.2) is 24.3 Å². The molecule has 0 radical (unpaired) electrons. The molecule has 1 amide bonds. The van der Waals surface area contributed by atoms with Gasteiger partial charge >= 0.3 is 0 Å². The lowest BCUT2D eigenvalue weighted by Gasteiger charge is -2.29. The summed E-state index contributed by atoms with van der Waals surface area (Å²) in [4.78, 5) is 14.4. The number of ether oxygens (including phenoxy) is 2. The molecule has 5 heteroatoms. The second-order valence-corrected chi connectivity index (χ2v) is 6.08. The molecule has 0 bridgehead atoms. The van der Waals surface area contributed by atoms with Crippen LogP contribution in [0.25, 0.3) is 0 Å². The average molecular weight is 320 g/mol. The highest BCUT2D eigenvalue weighted by Crippen LogP contribution is 2.18. The third kappa shape index (κ3) is 6.59. The highest BCUT2D eigenvalue weighted by Gasteiger charge is 2.17. The Morgan fingerprint density at radius 2 is 2.09 bits per heavy atom. The van der Waals surface area contributed by atoms with Crippen molar-refractivity contribution in [1.82, 2.24) is 4.90 Å². The zero-order valence-corrected chi connectivity index (χ0v) is 14.2. The minimum atomic E-state index is 0.0334. The molecular formula is C18H28N2O3. The Labute approximate surface area is 139 Å². The fourth-order valence-corrected chi connectivity index (χ4v) is 2.65. The van der Waals surface area contributed by atoms with Crippen LogP contribution in [0, 0.1) is 5.92 Å². The number of nitrogens with zero attached hydrogens (tertiary/aromatic N) is 1. The summed E-state index contributed by atoms with van der Waals surface area (Å²) in [5.74, 6) is 1.56. The molecule has 1 aromatic carbocycles. The smallest absolute Gasteiger partial charge is 0.238 e. The van der Waals surface area contributed by atoms with E-state index in [2.05, 4.69) is 17.1 Å². The van der Waals surface area contributed by atoms with Crippen molar-refractivity contribution in [3.63, 3.8) is 0 Å². The van der Waals surface area contributed by atoms with E-state index in [1.54, 1.807) is 0 Å². The van der Waals surface area contributed by atoms with Crippen molar-refractivity contribution in [3.8, 4) is 5.75 Å². The number of rotatable bonds is 8. The van der Waals surface area contributed by atoms with Gasteiger partial charge in [-0.05, 0) is 50.9 Å². The highest BCUT2D eigenvalue weighted by molar-refractivity contribution is 5.92. The van der Waals surface area contributed by atoms with Crippen molar-refractivity contribution < 1.29 is 14.3 Å². The van der Waals surface area contributed by atoms with Crippen LogP contribution in [0.3, 0.4) is 0 Å². The van der Waals surface area contributed by atoms with Crippen molar-refractivity contribution in [2.45, 2.75) is 26.7 Å². The van der Waals surface area contributed by atoms with E-state index in [1.165, 1.54) is 12.8 Å². The number of benzene rings is 1. The Hall–Kier alpha value is -1.59. The molecule has 1 aliphatic rings. The first-order valence-electron chi connectivity index (χ1n) is 8.50. The van der Waals surface area contributed by atoms with Crippen LogP contribution in [-0.4, -0.2) is 50.3 Å². The van der Waals surface area contributed by atoms with E-state index in [0.29, 0.717) is 26.4 Å². The van der Waals surface area contributed by atoms with E-state index >= 15 is 0 Å². The summed E-state index contributed by atoms with van der Waals surface area (Å²) >= 11 is 0. The normalized spacial score (nSPS) is 16.3. The van der Waals surface area contributed by atoms with Gasteiger partial charge in [-0.15, -0.1) is 0 Å². The van der Waals surface area contributed by atoms with Crippen LogP contribution in [0.1, 0.15) is 26.7 Å². The molecule has 0 atom stereocenters. The first-order valence-corrected chi connectivity index (χ1v) is 8.50. The molecule has 23 heavy (non-hydrogen) atoms. The van der Waals surface area contributed by atoms with Crippen LogP contribution in [0.5, 0.6) is 5.75 Å². The van der Waals surface area contributed by atoms with E-state index in [1.807, 2.05) is 31.2 Å². The van der Waals surface area contributed by atoms with Crippen molar-refractivity contribution in [3.05, 3.63) is 24.3 Å². The number of carbonyl (C=O) groups is 1. The Balaban J connectivity index is 1.76. The van der Waals surface area contributed by atoms with Crippen LogP contribution in [-0.2, 0) is 9.53 Å². The van der Waals surface area contributed by atoms with Gasteiger partial charge in [-0.1, -0.05) is 13.0 Å². The summed E-state index contributed by atoms with van der Waals surface area (Å²) in [6.07, 6.45) is 2.35. The summed E-state index contributed by atoms with van der Waals surface area (Å²) in [6, 6.07) is 7.50. The summed E-state index contributed by atoms with van der Waals surface area (Å²) < 4.78 is 10.8. The van der Waals surface area contributed by atoms with Crippen molar-refractivity contribution in [2.75, 3.05) is 44.8 Å². The molecule has 0 spiro atoms. The maximum Gasteiger partial charge on any atom is 0.238 e. The summed E-state index contributed by atoms with van der Waals surface area (Å²) in [6.45, 7) is 8.48. The molecule has 0 aliphatic carbocycles. The Morgan fingerprint density at radius 1 is 1.30 bits per heavy atom. The monoisotopic (exact) mass is 320 g/mol. The molecule has 1 heterocycles. The SMILES string of the molecule is CCOCCOc1cccc(NC(=O)CN2CCC(C)CC2)c1. The molecule has 1 aromatic rings. The predicted molar refractivity (Wildman–Crippen MR) is 91.9 cm³/mol. The van der Waals surface area contributed by atoms with Gasteiger partial charge in [-0.25, -0.2) is 0 Å². The lowest BCUT2D eigenvalue weighted by Crippen LogP contribution is -2.38. The predicted octanol–water partition coefficient (Wildman–Crippen LogP) is 2.77. The van der Waals surface area contributed by atoms with Gasteiger partial charge in [0, 0.05) is 18.4 Å². The largest absolute Gasteiger partial charge is 0.491 e. The summed E-state index contributed by atoms with van der Waals surface area (Å²) in [5.41, 5.74) is 0.772. The third-order valence-corrected chi connectivity index (χ3v) is 4.06. The lowest BCUT2D eigenvalue weighted by molar-refractivity contribution is -0.117. The molecule has 1 saturated heterocycles. The molecule has 0 saturated carbocycles. The topological polar surface area (TPSA) is 50.8 Å². The Bertz CT molecular complexity index is 485. The van der Waals surface area contributed by atoms with E-state index in [9.17, 15) is 4.79 Å². The number of carbonyl (C=O) groups excluding carboxylic acids is 1. The molecule has 5 nitrogen and oxygen atoms in total. The molecular weight excluding hydrogens is 292 g/mol. The van der Waals surface area contributed by atoms with Gasteiger partial charge in [0.2, 0.25) is 5.91 Å². The Morgan fingerprint density at radius 3 is 2.83 bits per heavy atom. The van der Waals surface area contributed by atoms with E-state index in [4.69, 9.17) is 9.47 Å². The second kappa shape index (κ2) is 9.53. The molecule has 1 aliphatic heterocycles. The fraction of sp³-hybridized carbons (Fsp3) is 0.611. The molecule has 1 fully saturated rings. The molecule has 1 N–H and O–H groups in total. The maximum atomic E-state index is 12.2. The standard InChI is InChI=1S/C18H28N2O3/c1-3-22-11-12-23-17-6-4-5-16(13-17)19-18(21)14-20-9-7-15(2)8-10-20/h4-6,13,15H,3,7-12,14H2,1-2H3,(H,19,21). The molecule has 128 valence electrons. The molecule has 0 aromatic heterocycles. The van der Waals surface area contributed by atoms with Gasteiger partial charge in [0.05, 0.1) is 13.2 Å². The number of anilines is 1. The highest BCUT2D eigenvalue weighted by atomic mass is 16.5. The van der Waals surface area contributed by atoms with Gasteiger partial charge in [0.1, 0.15) is 12.4 Å². The van der Waals surface area contributed by atoms with Crippen LogP contribution in [0.4, 0.5) is 5.69 Å². The quantitative estimate of drug-likeness (QED) is 0.748. The van der Waals surface area contributed by atoms with Gasteiger partial charge < -0.3 is 14.8 Å². The number of nitrogens with one attached hydrogen (secondary N) is 1. The number of amides is 1. The van der Waals surface area contributed by atoms with Gasteiger partial charge in [-0.3, -0.25) is 9.69 Å². The van der Waals surface area contributed by atoms with Crippen LogP contribution < -0.4 is 10.1 Å². The Kier molecular flexibility index (Phi) is 7.36.